The first-order valence-corrected chi connectivity index (χ1v) is 2.87. The minimum atomic E-state index is 0.552. The Bertz CT molecular complexity index is 68.9. The Morgan fingerprint density at radius 2 is 2.12 bits per heavy atom. The molecule has 0 aliphatic heterocycles. The van der Waals surface area contributed by atoms with Crippen LogP contribution in [0, 0.1) is 5.41 Å². The Morgan fingerprint density at radius 1 is 1.62 bits per heavy atom. The van der Waals surface area contributed by atoms with E-state index in [0.717, 1.165) is 6.54 Å². The fourth-order valence-corrected chi connectivity index (χ4v) is 0.355. The summed E-state index contributed by atoms with van der Waals surface area (Å²) in [6, 6.07) is 0.552. The first-order chi connectivity index (χ1) is 3.68. The van der Waals surface area contributed by atoms with E-state index in [1.165, 1.54) is 6.21 Å². The molecule has 0 fully saturated rings. The van der Waals surface area contributed by atoms with Crippen LogP contribution in [0.25, 0.3) is 0 Å². The minimum Gasteiger partial charge on any atom is -0.312 e. The standard InChI is InChI=1S/C6H14N2/c1-6(2)8(3)5-4-7/h4,6-7H,5H2,1-3H3. The van der Waals surface area contributed by atoms with Gasteiger partial charge in [-0.25, -0.2) is 0 Å². The molecule has 0 saturated heterocycles. The van der Waals surface area contributed by atoms with E-state index in [0.29, 0.717) is 6.04 Å². The van der Waals surface area contributed by atoms with Gasteiger partial charge in [-0.3, -0.25) is 4.90 Å². The van der Waals surface area contributed by atoms with Crippen molar-refractivity contribution in [1.29, 1.82) is 5.41 Å². The summed E-state index contributed by atoms with van der Waals surface area (Å²) in [5, 5.41) is 6.76. The lowest BCUT2D eigenvalue weighted by molar-refractivity contribution is 0.314. The summed E-state index contributed by atoms with van der Waals surface area (Å²) in [5.41, 5.74) is 0. The van der Waals surface area contributed by atoms with E-state index in [9.17, 15) is 0 Å². The van der Waals surface area contributed by atoms with Crippen LogP contribution in [0.1, 0.15) is 13.8 Å². The zero-order chi connectivity index (χ0) is 6.57. The van der Waals surface area contributed by atoms with Crippen molar-refractivity contribution in [3.05, 3.63) is 0 Å². The molecule has 8 heavy (non-hydrogen) atoms. The third-order valence-corrected chi connectivity index (χ3v) is 1.26. The molecule has 0 spiro atoms. The molecule has 0 aliphatic carbocycles. The molecule has 0 radical (unpaired) electrons. The highest BCUT2D eigenvalue weighted by Crippen LogP contribution is 1.88. The van der Waals surface area contributed by atoms with Crippen molar-refractivity contribution in [2.75, 3.05) is 13.6 Å². The van der Waals surface area contributed by atoms with Crippen molar-refractivity contribution in [3.63, 3.8) is 0 Å². The maximum absolute atomic E-state index is 6.76. The Hall–Kier alpha value is -0.370. The predicted molar refractivity (Wildman–Crippen MR) is 36.5 cm³/mol. The molecule has 0 aromatic rings. The van der Waals surface area contributed by atoms with Gasteiger partial charge in [0.2, 0.25) is 0 Å². The first kappa shape index (κ1) is 7.63. The molecule has 0 aliphatic rings. The van der Waals surface area contributed by atoms with Crippen LogP contribution in [0.2, 0.25) is 0 Å². The lowest BCUT2D eigenvalue weighted by Gasteiger charge is -2.17. The third-order valence-electron chi connectivity index (χ3n) is 1.26. The van der Waals surface area contributed by atoms with Gasteiger partial charge in [0.15, 0.2) is 0 Å². The number of rotatable bonds is 3. The van der Waals surface area contributed by atoms with E-state index in [-0.39, 0.29) is 0 Å². The molecule has 0 amide bonds. The highest BCUT2D eigenvalue weighted by Gasteiger charge is 1.97. The normalized spacial score (nSPS) is 10.6. The molecule has 0 unspecified atom stereocenters. The van der Waals surface area contributed by atoms with Crippen molar-refractivity contribution in [2.45, 2.75) is 19.9 Å². The van der Waals surface area contributed by atoms with E-state index in [4.69, 9.17) is 5.41 Å². The maximum atomic E-state index is 6.76. The Morgan fingerprint density at radius 3 is 2.25 bits per heavy atom. The highest BCUT2D eigenvalue weighted by molar-refractivity contribution is 5.55. The summed E-state index contributed by atoms with van der Waals surface area (Å²) in [6.07, 6.45) is 1.42. The molecule has 0 heterocycles. The van der Waals surface area contributed by atoms with Gasteiger partial charge in [-0.05, 0) is 20.9 Å². The Balaban J connectivity index is 3.30. The van der Waals surface area contributed by atoms with Crippen LogP contribution in [0.15, 0.2) is 0 Å². The van der Waals surface area contributed by atoms with Gasteiger partial charge in [-0.15, -0.1) is 0 Å². The maximum Gasteiger partial charge on any atom is 0.0330 e. The number of nitrogens with one attached hydrogen (secondary N) is 1. The highest BCUT2D eigenvalue weighted by atomic mass is 15.1. The van der Waals surface area contributed by atoms with Crippen LogP contribution >= 0.6 is 0 Å². The summed E-state index contributed by atoms with van der Waals surface area (Å²) >= 11 is 0. The van der Waals surface area contributed by atoms with Gasteiger partial charge in [0.05, 0.1) is 0 Å². The number of hydrogen-bond acceptors (Lipinski definition) is 2. The molecule has 0 bridgehead atoms. The quantitative estimate of drug-likeness (QED) is 0.544. The van der Waals surface area contributed by atoms with Crippen molar-refractivity contribution in [3.8, 4) is 0 Å². The van der Waals surface area contributed by atoms with Crippen LogP contribution in [0.5, 0.6) is 0 Å². The molecule has 0 aromatic carbocycles. The SMILES string of the molecule is CC(C)N(C)CC=N. The molecule has 48 valence electrons. The molecule has 0 saturated carbocycles. The average molecular weight is 114 g/mol. The van der Waals surface area contributed by atoms with E-state index in [2.05, 4.69) is 18.7 Å². The van der Waals surface area contributed by atoms with Crippen molar-refractivity contribution < 1.29 is 0 Å². The third kappa shape index (κ3) is 2.75. The number of hydrogen-bond donors (Lipinski definition) is 1. The smallest absolute Gasteiger partial charge is 0.0330 e. The van der Waals surface area contributed by atoms with Crippen LogP contribution in [-0.4, -0.2) is 30.7 Å². The van der Waals surface area contributed by atoms with Crippen LogP contribution in [-0.2, 0) is 0 Å². The molecule has 2 heteroatoms. The monoisotopic (exact) mass is 114 g/mol. The van der Waals surface area contributed by atoms with Crippen molar-refractivity contribution in [1.82, 2.24) is 4.90 Å². The molecule has 0 atom stereocenters. The molecular formula is C6H14N2. The fourth-order valence-electron chi connectivity index (χ4n) is 0.355. The first-order valence-electron chi connectivity index (χ1n) is 2.87. The molecular weight excluding hydrogens is 100 g/mol. The second kappa shape index (κ2) is 3.61. The zero-order valence-corrected chi connectivity index (χ0v) is 5.81. The van der Waals surface area contributed by atoms with Gasteiger partial charge in [0, 0.05) is 18.8 Å². The van der Waals surface area contributed by atoms with E-state index in [1.807, 2.05) is 7.05 Å². The second-order valence-corrected chi connectivity index (χ2v) is 2.24. The van der Waals surface area contributed by atoms with Crippen LogP contribution < -0.4 is 0 Å². The lowest BCUT2D eigenvalue weighted by atomic mass is 10.3. The number of nitrogens with zero attached hydrogens (tertiary/aromatic N) is 1. The molecule has 0 rings (SSSR count). The van der Waals surface area contributed by atoms with E-state index in [1.54, 1.807) is 0 Å². The van der Waals surface area contributed by atoms with Crippen LogP contribution in [0.3, 0.4) is 0 Å². The molecule has 1 N–H and O–H groups in total. The summed E-state index contributed by atoms with van der Waals surface area (Å²) in [6.45, 7) is 4.99. The summed E-state index contributed by atoms with van der Waals surface area (Å²) in [5.74, 6) is 0. The van der Waals surface area contributed by atoms with Gasteiger partial charge >= 0.3 is 0 Å². The average Bonchev–Trinajstić information content (AvgIpc) is 1.67. The van der Waals surface area contributed by atoms with Crippen molar-refractivity contribution in [2.24, 2.45) is 0 Å². The van der Waals surface area contributed by atoms with Crippen molar-refractivity contribution >= 4 is 6.21 Å². The van der Waals surface area contributed by atoms with E-state index < -0.39 is 0 Å². The second-order valence-electron chi connectivity index (χ2n) is 2.24. The topological polar surface area (TPSA) is 27.1 Å². The van der Waals surface area contributed by atoms with Gasteiger partial charge < -0.3 is 5.41 Å². The summed E-state index contributed by atoms with van der Waals surface area (Å²) in [4.78, 5) is 2.10. The Kier molecular flexibility index (Phi) is 3.44. The minimum absolute atomic E-state index is 0.552. The molecule has 0 aromatic heterocycles. The summed E-state index contributed by atoms with van der Waals surface area (Å²) in [7, 11) is 2.01. The predicted octanol–water partition coefficient (Wildman–Crippen LogP) is 0.976. The summed E-state index contributed by atoms with van der Waals surface area (Å²) < 4.78 is 0. The zero-order valence-electron chi connectivity index (χ0n) is 5.81. The van der Waals surface area contributed by atoms with Gasteiger partial charge in [0.25, 0.3) is 0 Å². The largest absolute Gasteiger partial charge is 0.312 e. The van der Waals surface area contributed by atoms with E-state index >= 15 is 0 Å². The molecule has 2 nitrogen and oxygen atoms in total. The fraction of sp³-hybridized carbons (Fsp3) is 0.833. The van der Waals surface area contributed by atoms with Gasteiger partial charge in [-0.2, -0.15) is 0 Å². The van der Waals surface area contributed by atoms with Crippen LogP contribution in [0.4, 0.5) is 0 Å². The van der Waals surface area contributed by atoms with Gasteiger partial charge in [-0.1, -0.05) is 0 Å². The lowest BCUT2D eigenvalue weighted by Crippen LogP contribution is -2.27. The Labute approximate surface area is 51.0 Å². The van der Waals surface area contributed by atoms with Gasteiger partial charge in [0.1, 0.15) is 0 Å².